The highest BCUT2D eigenvalue weighted by Gasteiger charge is 2.10. The van der Waals surface area contributed by atoms with E-state index in [1.54, 1.807) is 6.07 Å². The van der Waals surface area contributed by atoms with E-state index in [0.29, 0.717) is 16.3 Å². The molecule has 0 bridgehead atoms. The number of rotatable bonds is 2. The Labute approximate surface area is 110 Å². The van der Waals surface area contributed by atoms with Crippen molar-refractivity contribution in [2.24, 2.45) is 0 Å². The standard InChI is InChI=1S/C12H11Cl2N3/c13-11-7-9(10(8-15)12(14)16-11)3-6-17-4-1-2-5-17/h3,6-7H,1-2,4-5H2. The van der Waals surface area contributed by atoms with Gasteiger partial charge in [0.2, 0.25) is 0 Å². The van der Waals surface area contributed by atoms with Crippen molar-refractivity contribution in [1.82, 2.24) is 9.88 Å². The summed E-state index contributed by atoms with van der Waals surface area (Å²) in [6.07, 6.45) is 6.28. The van der Waals surface area contributed by atoms with Crippen molar-refractivity contribution in [2.75, 3.05) is 13.1 Å². The maximum absolute atomic E-state index is 9.02. The number of hydrogen-bond acceptors (Lipinski definition) is 3. The number of likely N-dealkylation sites (tertiary alicyclic amines) is 1. The van der Waals surface area contributed by atoms with Crippen LogP contribution in [0.4, 0.5) is 0 Å². The molecule has 0 aliphatic carbocycles. The number of nitriles is 1. The maximum atomic E-state index is 9.02. The van der Waals surface area contributed by atoms with E-state index in [1.165, 1.54) is 12.8 Å². The van der Waals surface area contributed by atoms with Gasteiger partial charge in [-0.25, -0.2) is 4.98 Å². The van der Waals surface area contributed by atoms with Crippen LogP contribution >= 0.6 is 23.2 Å². The van der Waals surface area contributed by atoms with Gasteiger partial charge in [-0.1, -0.05) is 23.2 Å². The summed E-state index contributed by atoms with van der Waals surface area (Å²) in [7, 11) is 0. The number of pyridine rings is 1. The van der Waals surface area contributed by atoms with Crippen LogP contribution < -0.4 is 0 Å². The Morgan fingerprint density at radius 3 is 2.71 bits per heavy atom. The predicted molar refractivity (Wildman–Crippen MR) is 68.8 cm³/mol. The van der Waals surface area contributed by atoms with Gasteiger partial charge < -0.3 is 4.90 Å². The number of hydrogen-bond donors (Lipinski definition) is 0. The zero-order chi connectivity index (χ0) is 12.3. The first-order chi connectivity index (χ1) is 8.20. The Bertz CT molecular complexity index is 485. The van der Waals surface area contributed by atoms with Crippen LogP contribution in [0.15, 0.2) is 12.3 Å². The highest BCUT2D eigenvalue weighted by atomic mass is 35.5. The van der Waals surface area contributed by atoms with Gasteiger partial charge >= 0.3 is 0 Å². The summed E-state index contributed by atoms with van der Waals surface area (Å²) in [5, 5.41) is 9.47. The number of aromatic nitrogens is 1. The molecule has 5 heteroatoms. The normalized spacial score (nSPS) is 15.5. The van der Waals surface area contributed by atoms with Crippen molar-refractivity contribution in [1.29, 1.82) is 5.26 Å². The second kappa shape index (κ2) is 5.39. The fraction of sp³-hybridized carbons (Fsp3) is 0.333. The zero-order valence-corrected chi connectivity index (χ0v) is 10.7. The minimum Gasteiger partial charge on any atom is -0.377 e. The highest BCUT2D eigenvalue weighted by molar-refractivity contribution is 6.33. The molecule has 88 valence electrons. The van der Waals surface area contributed by atoms with E-state index < -0.39 is 0 Å². The Morgan fingerprint density at radius 1 is 1.35 bits per heavy atom. The summed E-state index contributed by atoms with van der Waals surface area (Å²) in [6.45, 7) is 2.12. The SMILES string of the molecule is N#Cc1c(C=CN2CCCC2)cc(Cl)nc1Cl. The van der Waals surface area contributed by atoms with Crippen molar-refractivity contribution in [3.63, 3.8) is 0 Å². The lowest BCUT2D eigenvalue weighted by molar-refractivity contribution is 0.471. The lowest BCUT2D eigenvalue weighted by Gasteiger charge is -2.10. The molecule has 2 rings (SSSR count). The molecule has 0 N–H and O–H groups in total. The monoisotopic (exact) mass is 267 g/mol. The molecule has 0 atom stereocenters. The van der Waals surface area contributed by atoms with Gasteiger partial charge in [0.1, 0.15) is 16.4 Å². The molecule has 0 spiro atoms. The largest absolute Gasteiger partial charge is 0.377 e. The smallest absolute Gasteiger partial charge is 0.149 e. The van der Waals surface area contributed by atoms with Crippen LogP contribution in [-0.4, -0.2) is 23.0 Å². The van der Waals surface area contributed by atoms with Crippen LogP contribution in [0.25, 0.3) is 6.08 Å². The van der Waals surface area contributed by atoms with Gasteiger partial charge in [0.15, 0.2) is 0 Å². The summed E-state index contributed by atoms with van der Waals surface area (Å²) in [6, 6.07) is 3.69. The Hall–Kier alpha value is -1.24. The number of halogens is 2. The van der Waals surface area contributed by atoms with Crippen molar-refractivity contribution < 1.29 is 0 Å². The molecule has 17 heavy (non-hydrogen) atoms. The van der Waals surface area contributed by atoms with Crippen LogP contribution in [0.5, 0.6) is 0 Å². The molecular formula is C12H11Cl2N3. The predicted octanol–water partition coefficient (Wildman–Crippen LogP) is 3.33. The molecule has 1 aromatic rings. The molecule has 2 heterocycles. The third-order valence-corrected chi connectivity index (χ3v) is 3.16. The molecule has 1 fully saturated rings. The van der Waals surface area contributed by atoms with E-state index in [1.807, 2.05) is 18.3 Å². The summed E-state index contributed by atoms with van der Waals surface area (Å²) in [5.74, 6) is 0. The fourth-order valence-corrected chi connectivity index (χ4v) is 2.31. The molecular weight excluding hydrogens is 257 g/mol. The van der Waals surface area contributed by atoms with Crippen LogP contribution in [-0.2, 0) is 0 Å². The third kappa shape index (κ3) is 2.91. The molecule has 1 aliphatic heterocycles. The van der Waals surface area contributed by atoms with Gasteiger partial charge in [0.25, 0.3) is 0 Å². The van der Waals surface area contributed by atoms with Gasteiger partial charge in [-0.2, -0.15) is 5.26 Å². The molecule has 1 saturated heterocycles. The lowest BCUT2D eigenvalue weighted by Crippen LogP contribution is -2.10. The minimum absolute atomic E-state index is 0.154. The van der Waals surface area contributed by atoms with Crippen molar-refractivity contribution in [2.45, 2.75) is 12.8 Å². The average Bonchev–Trinajstić information content (AvgIpc) is 2.78. The molecule has 1 aliphatic rings. The summed E-state index contributed by atoms with van der Waals surface area (Å²) in [4.78, 5) is 6.06. The molecule has 0 aromatic carbocycles. The van der Waals surface area contributed by atoms with Crippen molar-refractivity contribution in [3.05, 3.63) is 33.7 Å². The summed E-state index contributed by atoms with van der Waals surface area (Å²) in [5.41, 5.74) is 1.08. The summed E-state index contributed by atoms with van der Waals surface area (Å²) >= 11 is 11.7. The van der Waals surface area contributed by atoms with Crippen LogP contribution in [0.3, 0.4) is 0 Å². The molecule has 0 radical (unpaired) electrons. The molecule has 0 unspecified atom stereocenters. The lowest BCUT2D eigenvalue weighted by atomic mass is 10.1. The maximum Gasteiger partial charge on any atom is 0.149 e. The zero-order valence-electron chi connectivity index (χ0n) is 9.16. The topological polar surface area (TPSA) is 39.9 Å². The highest BCUT2D eigenvalue weighted by Crippen LogP contribution is 2.22. The molecule has 0 saturated carbocycles. The second-order valence-corrected chi connectivity index (χ2v) is 4.62. The first kappa shape index (κ1) is 12.2. The van der Waals surface area contributed by atoms with E-state index in [-0.39, 0.29) is 5.15 Å². The van der Waals surface area contributed by atoms with Crippen LogP contribution in [0.2, 0.25) is 10.3 Å². The average molecular weight is 268 g/mol. The van der Waals surface area contributed by atoms with Crippen LogP contribution in [0, 0.1) is 11.3 Å². The number of nitrogens with zero attached hydrogens (tertiary/aromatic N) is 3. The quantitative estimate of drug-likeness (QED) is 0.772. The van der Waals surface area contributed by atoms with Gasteiger partial charge in [-0.3, -0.25) is 0 Å². The van der Waals surface area contributed by atoms with Crippen molar-refractivity contribution >= 4 is 29.3 Å². The molecule has 1 aromatic heterocycles. The Kier molecular flexibility index (Phi) is 3.88. The van der Waals surface area contributed by atoms with E-state index in [9.17, 15) is 0 Å². The van der Waals surface area contributed by atoms with E-state index in [2.05, 4.69) is 9.88 Å². The van der Waals surface area contributed by atoms with Gasteiger partial charge in [-0.15, -0.1) is 0 Å². The van der Waals surface area contributed by atoms with E-state index in [4.69, 9.17) is 28.5 Å². The molecule has 3 nitrogen and oxygen atoms in total. The second-order valence-electron chi connectivity index (χ2n) is 3.87. The minimum atomic E-state index is 0.154. The van der Waals surface area contributed by atoms with E-state index in [0.717, 1.165) is 13.1 Å². The van der Waals surface area contributed by atoms with Gasteiger partial charge in [0, 0.05) is 13.1 Å². The van der Waals surface area contributed by atoms with Crippen LogP contribution in [0.1, 0.15) is 24.0 Å². The Morgan fingerprint density at radius 2 is 2.06 bits per heavy atom. The first-order valence-corrected chi connectivity index (χ1v) is 6.14. The Balaban J connectivity index is 2.28. The van der Waals surface area contributed by atoms with E-state index >= 15 is 0 Å². The summed E-state index contributed by atoms with van der Waals surface area (Å²) < 4.78 is 0. The van der Waals surface area contributed by atoms with Gasteiger partial charge in [0.05, 0.1) is 5.56 Å². The van der Waals surface area contributed by atoms with Crippen molar-refractivity contribution in [3.8, 4) is 6.07 Å². The first-order valence-electron chi connectivity index (χ1n) is 5.39. The molecule has 0 amide bonds. The fourth-order valence-electron chi connectivity index (χ4n) is 1.82. The van der Waals surface area contributed by atoms with Gasteiger partial charge in [-0.05, 0) is 36.7 Å². The third-order valence-electron chi connectivity index (χ3n) is 2.69.